The molecule has 0 saturated heterocycles. The van der Waals surface area contributed by atoms with Gasteiger partial charge in [-0.1, -0.05) is 20.8 Å². The number of carbonyl (C=O) groups excluding carboxylic acids is 3. The summed E-state index contributed by atoms with van der Waals surface area (Å²) in [5.74, 6) is 2.53. The fourth-order valence-electron chi connectivity index (χ4n) is 9.59. The van der Waals surface area contributed by atoms with Gasteiger partial charge in [0.2, 0.25) is 0 Å². The first-order valence-electron chi connectivity index (χ1n) is 13.9. The molecule has 4 fully saturated rings. The van der Waals surface area contributed by atoms with Crippen LogP contribution >= 0.6 is 0 Å². The standard InChI is InChI=1S/C29H46O6/c1-17(7-12-26(32)33-6)23-10-11-24-22-9-8-20-15-21(34-18(2)30)13-14-28(20,4)27(22)25(35-19(3)31)16-29(23,24)5/h17,20-25,27H,7-16H2,1-6H3/t17-,20+,21+,22-,23-,24+,25+,27-,28-,29-/m0/s1. The van der Waals surface area contributed by atoms with Crippen molar-refractivity contribution in [1.29, 1.82) is 0 Å². The minimum Gasteiger partial charge on any atom is -0.469 e. The summed E-state index contributed by atoms with van der Waals surface area (Å²) >= 11 is 0. The minimum atomic E-state index is -0.183. The minimum absolute atomic E-state index is 0.0229. The van der Waals surface area contributed by atoms with Crippen LogP contribution in [0.15, 0.2) is 0 Å². The maximum Gasteiger partial charge on any atom is 0.305 e. The lowest BCUT2D eigenvalue weighted by atomic mass is 9.43. The van der Waals surface area contributed by atoms with Crippen molar-refractivity contribution in [2.24, 2.45) is 46.3 Å². The number of hydrogen-bond donors (Lipinski definition) is 0. The Morgan fingerprint density at radius 1 is 0.943 bits per heavy atom. The first-order chi connectivity index (χ1) is 16.5. The van der Waals surface area contributed by atoms with E-state index in [0.717, 1.165) is 38.5 Å². The zero-order chi connectivity index (χ0) is 25.5. The zero-order valence-corrected chi connectivity index (χ0v) is 22.6. The lowest BCUT2D eigenvalue weighted by Gasteiger charge is -2.63. The molecule has 6 heteroatoms. The van der Waals surface area contributed by atoms with Crippen molar-refractivity contribution >= 4 is 17.9 Å². The molecule has 0 unspecified atom stereocenters. The van der Waals surface area contributed by atoms with Gasteiger partial charge in [-0.2, -0.15) is 0 Å². The highest BCUT2D eigenvalue weighted by molar-refractivity contribution is 5.69. The predicted octanol–water partition coefficient (Wildman–Crippen LogP) is 5.71. The first kappa shape index (κ1) is 26.5. The quantitative estimate of drug-likeness (QED) is 0.351. The van der Waals surface area contributed by atoms with Crippen LogP contribution in [0, 0.1) is 46.3 Å². The van der Waals surface area contributed by atoms with Crippen LogP contribution in [0.25, 0.3) is 0 Å². The highest BCUT2D eigenvalue weighted by Gasteiger charge is 2.64. The summed E-state index contributed by atoms with van der Waals surface area (Å²) in [6, 6.07) is 0. The van der Waals surface area contributed by atoms with Gasteiger partial charge < -0.3 is 14.2 Å². The van der Waals surface area contributed by atoms with Gasteiger partial charge in [-0.15, -0.1) is 0 Å². The molecule has 0 amide bonds. The Labute approximate surface area is 211 Å². The van der Waals surface area contributed by atoms with E-state index in [-0.39, 0.29) is 40.9 Å². The molecule has 0 aliphatic heterocycles. The molecular weight excluding hydrogens is 444 g/mol. The molecule has 0 aromatic carbocycles. The molecule has 4 saturated carbocycles. The molecule has 6 nitrogen and oxygen atoms in total. The Morgan fingerprint density at radius 2 is 1.66 bits per heavy atom. The van der Waals surface area contributed by atoms with Crippen LogP contribution in [0.3, 0.4) is 0 Å². The van der Waals surface area contributed by atoms with E-state index < -0.39 is 0 Å². The Balaban J connectivity index is 1.58. The third kappa shape index (κ3) is 4.87. The van der Waals surface area contributed by atoms with Crippen molar-refractivity contribution in [2.75, 3.05) is 7.11 Å². The second-order valence-corrected chi connectivity index (χ2v) is 12.7. The number of carbonyl (C=O) groups is 3. The van der Waals surface area contributed by atoms with Crippen LogP contribution in [-0.2, 0) is 28.6 Å². The summed E-state index contributed by atoms with van der Waals surface area (Å²) in [5, 5.41) is 0. The van der Waals surface area contributed by atoms with Gasteiger partial charge in [0.25, 0.3) is 0 Å². The number of fused-ring (bicyclic) bond motifs is 5. The average Bonchev–Trinajstić information content (AvgIpc) is 3.13. The molecule has 0 radical (unpaired) electrons. The maximum atomic E-state index is 12.3. The molecule has 0 heterocycles. The largest absolute Gasteiger partial charge is 0.469 e. The molecule has 4 aliphatic rings. The van der Waals surface area contributed by atoms with E-state index in [4.69, 9.17) is 14.2 Å². The van der Waals surface area contributed by atoms with Gasteiger partial charge >= 0.3 is 17.9 Å². The van der Waals surface area contributed by atoms with E-state index in [0.29, 0.717) is 41.9 Å². The number of rotatable bonds is 6. The zero-order valence-electron chi connectivity index (χ0n) is 22.6. The fourth-order valence-corrected chi connectivity index (χ4v) is 9.59. The number of ether oxygens (including phenoxy) is 3. The van der Waals surface area contributed by atoms with Crippen molar-refractivity contribution in [3.8, 4) is 0 Å². The fraction of sp³-hybridized carbons (Fsp3) is 0.897. The normalized spacial score (nSPS) is 43.2. The van der Waals surface area contributed by atoms with Gasteiger partial charge in [-0.3, -0.25) is 14.4 Å². The van der Waals surface area contributed by atoms with Gasteiger partial charge in [0.05, 0.1) is 7.11 Å². The van der Waals surface area contributed by atoms with Crippen molar-refractivity contribution < 1.29 is 28.6 Å². The Bertz CT molecular complexity index is 824. The maximum absolute atomic E-state index is 12.3. The number of hydrogen-bond acceptors (Lipinski definition) is 6. The second kappa shape index (κ2) is 10.0. The summed E-state index contributed by atoms with van der Waals surface area (Å²) in [6.45, 7) is 10.2. The lowest BCUT2D eigenvalue weighted by molar-refractivity contribution is -0.201. The van der Waals surface area contributed by atoms with Crippen LogP contribution in [0.5, 0.6) is 0 Å². The third-order valence-corrected chi connectivity index (χ3v) is 11.0. The van der Waals surface area contributed by atoms with Crippen molar-refractivity contribution in [1.82, 2.24) is 0 Å². The Kier molecular flexibility index (Phi) is 7.60. The molecule has 4 aliphatic carbocycles. The second-order valence-electron chi connectivity index (χ2n) is 12.7. The van der Waals surface area contributed by atoms with Gasteiger partial charge in [0.15, 0.2) is 0 Å². The van der Waals surface area contributed by atoms with E-state index in [2.05, 4.69) is 20.8 Å². The molecule has 0 aromatic rings. The molecule has 0 bridgehead atoms. The molecule has 4 rings (SSSR count). The van der Waals surface area contributed by atoms with Gasteiger partial charge in [-0.25, -0.2) is 0 Å². The summed E-state index contributed by atoms with van der Waals surface area (Å²) in [5.41, 5.74) is 0.227. The molecule has 0 aromatic heterocycles. The van der Waals surface area contributed by atoms with Crippen LogP contribution in [0.1, 0.15) is 98.8 Å². The SMILES string of the molecule is COC(=O)CC[C@H](C)[C@@H]1CC[C@@H]2[C@@H]3CC[C@@H]4C[C@H](OC(C)=O)CC[C@]4(C)[C@@H]3[C@H](OC(C)=O)C[C@]21C. The van der Waals surface area contributed by atoms with Gasteiger partial charge in [0, 0.05) is 26.2 Å². The van der Waals surface area contributed by atoms with Crippen LogP contribution in [-0.4, -0.2) is 37.2 Å². The lowest BCUT2D eigenvalue weighted by Crippen LogP contribution is -2.60. The van der Waals surface area contributed by atoms with E-state index >= 15 is 0 Å². The smallest absolute Gasteiger partial charge is 0.305 e. The Hall–Kier alpha value is -1.59. The highest BCUT2D eigenvalue weighted by Crippen LogP contribution is 2.69. The van der Waals surface area contributed by atoms with Crippen molar-refractivity contribution in [2.45, 2.75) is 111 Å². The van der Waals surface area contributed by atoms with Crippen molar-refractivity contribution in [3.05, 3.63) is 0 Å². The molecule has 0 N–H and O–H groups in total. The van der Waals surface area contributed by atoms with E-state index in [1.165, 1.54) is 33.3 Å². The highest BCUT2D eigenvalue weighted by atomic mass is 16.5. The third-order valence-electron chi connectivity index (χ3n) is 11.0. The van der Waals surface area contributed by atoms with Crippen LogP contribution in [0.4, 0.5) is 0 Å². The first-order valence-corrected chi connectivity index (χ1v) is 13.9. The van der Waals surface area contributed by atoms with Gasteiger partial charge in [-0.05, 0) is 98.2 Å². The molecule has 35 heavy (non-hydrogen) atoms. The average molecular weight is 491 g/mol. The monoisotopic (exact) mass is 490 g/mol. The van der Waals surface area contributed by atoms with Crippen LogP contribution in [0.2, 0.25) is 0 Å². The summed E-state index contributed by atoms with van der Waals surface area (Å²) in [6.07, 6.45) is 9.80. The summed E-state index contributed by atoms with van der Waals surface area (Å²) in [7, 11) is 1.46. The van der Waals surface area contributed by atoms with Crippen molar-refractivity contribution in [3.63, 3.8) is 0 Å². The summed E-state index contributed by atoms with van der Waals surface area (Å²) < 4.78 is 16.7. The van der Waals surface area contributed by atoms with Gasteiger partial charge in [0.1, 0.15) is 12.2 Å². The molecular formula is C29H46O6. The number of esters is 3. The predicted molar refractivity (Wildman–Crippen MR) is 132 cm³/mol. The van der Waals surface area contributed by atoms with Crippen LogP contribution < -0.4 is 0 Å². The number of methoxy groups -OCH3 is 1. The molecule has 10 atom stereocenters. The van der Waals surface area contributed by atoms with E-state index in [1.54, 1.807) is 6.92 Å². The topological polar surface area (TPSA) is 78.9 Å². The van der Waals surface area contributed by atoms with E-state index in [9.17, 15) is 14.4 Å². The Morgan fingerprint density at radius 3 is 2.31 bits per heavy atom. The molecule has 0 spiro atoms. The summed E-state index contributed by atoms with van der Waals surface area (Å²) in [4.78, 5) is 35.7. The van der Waals surface area contributed by atoms with E-state index in [1.807, 2.05) is 0 Å². The molecule has 198 valence electrons.